The van der Waals surface area contributed by atoms with E-state index in [9.17, 15) is 9.59 Å². The molecule has 1 aliphatic carbocycles. The van der Waals surface area contributed by atoms with Crippen LogP contribution < -0.4 is 5.73 Å². The van der Waals surface area contributed by atoms with E-state index in [1.807, 2.05) is 6.92 Å². The third-order valence-electron chi connectivity index (χ3n) is 2.43. The number of ketones is 2. The van der Waals surface area contributed by atoms with Crippen molar-refractivity contribution in [2.75, 3.05) is 0 Å². The van der Waals surface area contributed by atoms with E-state index in [2.05, 4.69) is 0 Å². The number of nitrogens with two attached hydrogens (primary N) is 1. The van der Waals surface area contributed by atoms with Crippen LogP contribution in [0.15, 0.2) is 11.8 Å². The second-order valence-electron chi connectivity index (χ2n) is 3.47. The first-order chi connectivity index (χ1) is 6.13. The molecule has 0 bridgehead atoms. The molecule has 3 nitrogen and oxygen atoms in total. The van der Waals surface area contributed by atoms with E-state index in [1.54, 1.807) is 6.08 Å². The maximum absolute atomic E-state index is 11.4. The second-order valence-corrected chi connectivity index (χ2v) is 3.47. The zero-order chi connectivity index (χ0) is 9.84. The van der Waals surface area contributed by atoms with Crippen LogP contribution >= 0.6 is 0 Å². The van der Waals surface area contributed by atoms with E-state index in [1.165, 1.54) is 0 Å². The maximum Gasteiger partial charge on any atom is 0.137 e. The molecule has 1 unspecified atom stereocenters. The maximum atomic E-state index is 11.4. The predicted molar refractivity (Wildman–Crippen MR) is 49.9 cm³/mol. The predicted octanol–water partition coefficient (Wildman–Crippen LogP) is 1.18. The van der Waals surface area contributed by atoms with Gasteiger partial charge in [0.15, 0.2) is 0 Å². The van der Waals surface area contributed by atoms with E-state index >= 15 is 0 Å². The highest BCUT2D eigenvalue weighted by molar-refractivity contribution is 5.94. The minimum absolute atomic E-state index is 0.155. The summed E-state index contributed by atoms with van der Waals surface area (Å²) in [6, 6.07) is 0. The first-order valence-corrected chi connectivity index (χ1v) is 4.58. The first-order valence-electron chi connectivity index (χ1n) is 4.58. The topological polar surface area (TPSA) is 60.2 Å². The van der Waals surface area contributed by atoms with Crippen LogP contribution in [0.1, 0.15) is 32.6 Å². The van der Waals surface area contributed by atoms with Gasteiger partial charge in [-0.25, -0.2) is 0 Å². The lowest BCUT2D eigenvalue weighted by molar-refractivity contribution is -0.132. The molecule has 1 fully saturated rings. The van der Waals surface area contributed by atoms with Crippen molar-refractivity contribution < 1.29 is 9.59 Å². The fourth-order valence-electron chi connectivity index (χ4n) is 1.55. The lowest BCUT2D eigenvalue weighted by Crippen LogP contribution is -2.26. The Morgan fingerprint density at radius 2 is 2.23 bits per heavy atom. The Bertz CT molecular complexity index is 256. The van der Waals surface area contributed by atoms with Gasteiger partial charge in [-0.05, 0) is 13.3 Å². The summed E-state index contributed by atoms with van der Waals surface area (Å²) in [6.45, 7) is 1.84. The van der Waals surface area contributed by atoms with Crippen LogP contribution in [0.3, 0.4) is 0 Å². The highest BCUT2D eigenvalue weighted by Gasteiger charge is 2.26. The molecule has 0 aromatic rings. The van der Waals surface area contributed by atoms with Crippen molar-refractivity contribution in [3.63, 3.8) is 0 Å². The quantitative estimate of drug-likeness (QED) is 0.695. The lowest BCUT2D eigenvalue weighted by atomic mass is 9.84. The molecule has 72 valence electrons. The van der Waals surface area contributed by atoms with Gasteiger partial charge in [0.1, 0.15) is 11.6 Å². The zero-order valence-electron chi connectivity index (χ0n) is 7.88. The number of carbonyl (C=O) groups is 2. The molecule has 1 aliphatic rings. The van der Waals surface area contributed by atoms with E-state index in [-0.39, 0.29) is 17.5 Å². The molecule has 13 heavy (non-hydrogen) atoms. The van der Waals surface area contributed by atoms with Crippen LogP contribution in [-0.4, -0.2) is 11.6 Å². The van der Waals surface area contributed by atoms with E-state index in [4.69, 9.17) is 5.73 Å². The molecule has 0 aliphatic heterocycles. The van der Waals surface area contributed by atoms with E-state index < -0.39 is 0 Å². The number of allylic oxidation sites excluding steroid dienone is 2. The average molecular weight is 181 g/mol. The summed E-state index contributed by atoms with van der Waals surface area (Å²) in [4.78, 5) is 22.4. The Hall–Kier alpha value is -1.12. The van der Waals surface area contributed by atoms with Gasteiger partial charge in [0.05, 0.1) is 0 Å². The smallest absolute Gasteiger partial charge is 0.137 e. The van der Waals surface area contributed by atoms with Crippen molar-refractivity contribution in [2.45, 2.75) is 32.6 Å². The fourth-order valence-corrected chi connectivity index (χ4v) is 1.55. The highest BCUT2D eigenvalue weighted by atomic mass is 16.1. The van der Waals surface area contributed by atoms with E-state index in [0.29, 0.717) is 31.4 Å². The van der Waals surface area contributed by atoms with Crippen LogP contribution in [0.4, 0.5) is 0 Å². The molecular weight excluding hydrogens is 166 g/mol. The minimum Gasteiger partial charge on any atom is -0.402 e. The van der Waals surface area contributed by atoms with Crippen molar-refractivity contribution in [3.05, 3.63) is 11.8 Å². The molecule has 0 aromatic heterocycles. The SMILES string of the molecule is CC=C(N)CC1CC(=O)CCC1=O. The molecule has 0 heterocycles. The zero-order valence-corrected chi connectivity index (χ0v) is 7.88. The number of rotatable bonds is 2. The molecule has 1 atom stereocenters. The van der Waals surface area contributed by atoms with Crippen LogP contribution in [-0.2, 0) is 9.59 Å². The molecule has 0 amide bonds. The number of hydrogen-bond donors (Lipinski definition) is 1. The van der Waals surface area contributed by atoms with Crippen molar-refractivity contribution in [1.29, 1.82) is 0 Å². The summed E-state index contributed by atoms with van der Waals surface area (Å²) < 4.78 is 0. The molecular formula is C10H15NO2. The third kappa shape index (κ3) is 2.68. The second kappa shape index (κ2) is 4.21. The van der Waals surface area contributed by atoms with Crippen molar-refractivity contribution in [2.24, 2.45) is 11.7 Å². The number of hydrogen-bond acceptors (Lipinski definition) is 3. The summed E-state index contributed by atoms with van der Waals surface area (Å²) in [6.07, 6.45) is 3.53. The van der Waals surface area contributed by atoms with Gasteiger partial charge >= 0.3 is 0 Å². The Kier molecular flexibility index (Phi) is 3.23. The third-order valence-corrected chi connectivity index (χ3v) is 2.43. The normalized spacial score (nSPS) is 25.0. The summed E-state index contributed by atoms with van der Waals surface area (Å²) in [7, 11) is 0. The summed E-state index contributed by atoms with van der Waals surface area (Å²) in [5, 5.41) is 0. The van der Waals surface area contributed by atoms with Crippen molar-refractivity contribution >= 4 is 11.6 Å². The van der Waals surface area contributed by atoms with Crippen molar-refractivity contribution in [1.82, 2.24) is 0 Å². The van der Waals surface area contributed by atoms with Gasteiger partial charge in [-0.3, -0.25) is 9.59 Å². The summed E-state index contributed by atoms with van der Waals surface area (Å²) in [5.41, 5.74) is 6.31. The summed E-state index contributed by atoms with van der Waals surface area (Å²) >= 11 is 0. The molecule has 3 heteroatoms. The van der Waals surface area contributed by atoms with Gasteiger partial charge in [0.2, 0.25) is 0 Å². The Balaban J connectivity index is 2.56. The van der Waals surface area contributed by atoms with Crippen molar-refractivity contribution in [3.8, 4) is 0 Å². The highest BCUT2D eigenvalue weighted by Crippen LogP contribution is 2.22. The molecule has 0 saturated heterocycles. The molecule has 2 N–H and O–H groups in total. The van der Waals surface area contributed by atoms with Gasteiger partial charge in [0.25, 0.3) is 0 Å². The monoisotopic (exact) mass is 181 g/mol. The Morgan fingerprint density at radius 1 is 1.54 bits per heavy atom. The largest absolute Gasteiger partial charge is 0.402 e. The lowest BCUT2D eigenvalue weighted by Gasteiger charge is -2.19. The Morgan fingerprint density at radius 3 is 2.85 bits per heavy atom. The van der Waals surface area contributed by atoms with Gasteiger partial charge in [-0.15, -0.1) is 0 Å². The molecule has 1 saturated carbocycles. The van der Waals surface area contributed by atoms with Gasteiger partial charge in [-0.1, -0.05) is 6.08 Å². The van der Waals surface area contributed by atoms with E-state index in [0.717, 1.165) is 0 Å². The average Bonchev–Trinajstić information content (AvgIpc) is 2.11. The summed E-state index contributed by atoms with van der Waals surface area (Å²) in [5.74, 6) is 0.218. The Labute approximate surface area is 78.0 Å². The standard InChI is InChI=1S/C10H15NO2/c1-2-8(11)5-7-6-9(12)3-4-10(7)13/h2,7H,3-6,11H2,1H3. The van der Waals surface area contributed by atoms with Gasteiger partial charge < -0.3 is 5.73 Å². The van der Waals surface area contributed by atoms with Crippen LogP contribution in [0.25, 0.3) is 0 Å². The molecule has 0 spiro atoms. The number of Topliss-reactive ketones (excluding diaryl/α,β-unsaturated/α-hetero) is 2. The first kappa shape index (κ1) is 9.96. The van der Waals surface area contributed by atoms with Crippen LogP contribution in [0, 0.1) is 5.92 Å². The number of carbonyl (C=O) groups excluding carboxylic acids is 2. The molecule has 0 aromatic carbocycles. The van der Waals surface area contributed by atoms with Gasteiger partial charge in [-0.2, -0.15) is 0 Å². The van der Waals surface area contributed by atoms with Crippen LogP contribution in [0.2, 0.25) is 0 Å². The van der Waals surface area contributed by atoms with Gasteiger partial charge in [0, 0.05) is 30.9 Å². The molecule has 0 radical (unpaired) electrons. The van der Waals surface area contributed by atoms with Crippen LogP contribution in [0.5, 0.6) is 0 Å². The molecule has 1 rings (SSSR count). The minimum atomic E-state index is -0.155. The fraction of sp³-hybridized carbons (Fsp3) is 0.600.